The average Bonchev–Trinajstić information content (AvgIpc) is 2.72. The molecule has 0 aliphatic carbocycles. The molecule has 1 aromatic rings. The quantitative estimate of drug-likeness (QED) is 0.834. The van der Waals surface area contributed by atoms with Gasteiger partial charge in [0.2, 0.25) is 5.91 Å². The van der Waals surface area contributed by atoms with Gasteiger partial charge in [0.15, 0.2) is 0 Å². The predicted molar refractivity (Wildman–Crippen MR) is 77.9 cm³/mol. The molecule has 1 amide bonds. The molecular weight excluding hydrogens is 236 g/mol. The van der Waals surface area contributed by atoms with Crippen LogP contribution in [-0.4, -0.2) is 41.9 Å². The highest BCUT2D eigenvalue weighted by atomic mass is 16.2. The summed E-state index contributed by atoms with van der Waals surface area (Å²) < 4.78 is 0. The molecule has 0 aromatic heterocycles. The van der Waals surface area contributed by atoms with Crippen molar-refractivity contribution in [3.05, 3.63) is 35.9 Å². The summed E-state index contributed by atoms with van der Waals surface area (Å²) in [5.41, 5.74) is 1.36. The first kappa shape index (κ1) is 14.1. The molecule has 0 radical (unpaired) electrons. The van der Waals surface area contributed by atoms with Gasteiger partial charge >= 0.3 is 0 Å². The van der Waals surface area contributed by atoms with Crippen LogP contribution in [0.4, 0.5) is 0 Å². The summed E-state index contributed by atoms with van der Waals surface area (Å²) in [6, 6.07) is 11.0. The highest BCUT2D eigenvalue weighted by molar-refractivity contribution is 5.75. The number of amides is 1. The molecule has 0 bridgehead atoms. The zero-order valence-corrected chi connectivity index (χ0v) is 12.0. The van der Waals surface area contributed by atoms with E-state index in [4.69, 9.17) is 0 Å². The fourth-order valence-electron chi connectivity index (χ4n) is 2.74. The lowest BCUT2D eigenvalue weighted by Crippen LogP contribution is -2.35. The summed E-state index contributed by atoms with van der Waals surface area (Å²) in [6.45, 7) is 8.02. The largest absolute Gasteiger partial charge is 0.341 e. The third kappa shape index (κ3) is 3.57. The van der Waals surface area contributed by atoms with Crippen molar-refractivity contribution in [1.82, 2.24) is 9.80 Å². The van der Waals surface area contributed by atoms with E-state index in [1.807, 2.05) is 11.8 Å². The van der Waals surface area contributed by atoms with Crippen LogP contribution in [-0.2, 0) is 4.79 Å². The molecule has 104 valence electrons. The Hall–Kier alpha value is -1.35. The number of carbonyl (C=O) groups excluding carboxylic acids is 1. The van der Waals surface area contributed by atoms with Gasteiger partial charge in [-0.3, -0.25) is 9.69 Å². The molecule has 1 fully saturated rings. The number of rotatable bonds is 3. The first-order valence-electron chi connectivity index (χ1n) is 7.29. The van der Waals surface area contributed by atoms with Crippen molar-refractivity contribution in [2.75, 3.05) is 26.2 Å². The van der Waals surface area contributed by atoms with Crippen LogP contribution in [0.5, 0.6) is 0 Å². The van der Waals surface area contributed by atoms with E-state index < -0.39 is 0 Å². The summed E-state index contributed by atoms with van der Waals surface area (Å²) in [7, 11) is 0. The average molecular weight is 260 g/mol. The summed E-state index contributed by atoms with van der Waals surface area (Å²) in [5, 5.41) is 0. The molecule has 0 spiro atoms. The van der Waals surface area contributed by atoms with Gasteiger partial charge in [-0.2, -0.15) is 0 Å². The predicted octanol–water partition coefficient (Wildman–Crippen LogP) is 2.69. The van der Waals surface area contributed by atoms with E-state index in [2.05, 4.69) is 42.2 Å². The third-order valence-electron chi connectivity index (χ3n) is 4.02. The van der Waals surface area contributed by atoms with Crippen LogP contribution in [0.15, 0.2) is 30.3 Å². The van der Waals surface area contributed by atoms with Gasteiger partial charge in [0.1, 0.15) is 0 Å². The Morgan fingerprint density at radius 2 is 1.89 bits per heavy atom. The number of nitrogens with zero attached hydrogens (tertiary/aromatic N) is 2. The first-order valence-corrected chi connectivity index (χ1v) is 7.29. The van der Waals surface area contributed by atoms with Gasteiger partial charge in [0.05, 0.1) is 0 Å². The SMILES string of the molecule is CCC(=O)N1CCCN(C(C)c2ccccc2)CC1. The Morgan fingerprint density at radius 3 is 2.58 bits per heavy atom. The Labute approximate surface area is 116 Å². The van der Waals surface area contributed by atoms with Crippen LogP contribution in [0.1, 0.15) is 38.3 Å². The van der Waals surface area contributed by atoms with Gasteiger partial charge in [0, 0.05) is 38.6 Å². The fraction of sp³-hybridized carbons (Fsp3) is 0.562. The maximum atomic E-state index is 11.8. The van der Waals surface area contributed by atoms with Crippen molar-refractivity contribution >= 4 is 5.91 Å². The summed E-state index contributed by atoms with van der Waals surface area (Å²) in [4.78, 5) is 16.3. The molecule has 19 heavy (non-hydrogen) atoms. The zero-order chi connectivity index (χ0) is 13.7. The lowest BCUT2D eigenvalue weighted by molar-refractivity contribution is -0.130. The van der Waals surface area contributed by atoms with E-state index >= 15 is 0 Å². The zero-order valence-electron chi connectivity index (χ0n) is 12.0. The molecule has 0 saturated carbocycles. The summed E-state index contributed by atoms with van der Waals surface area (Å²) in [5.74, 6) is 0.286. The Balaban J connectivity index is 1.97. The van der Waals surface area contributed by atoms with Crippen molar-refractivity contribution in [2.24, 2.45) is 0 Å². The monoisotopic (exact) mass is 260 g/mol. The van der Waals surface area contributed by atoms with Crippen LogP contribution in [0.2, 0.25) is 0 Å². The van der Waals surface area contributed by atoms with Crippen LogP contribution < -0.4 is 0 Å². The lowest BCUT2D eigenvalue weighted by Gasteiger charge is -2.28. The van der Waals surface area contributed by atoms with Crippen molar-refractivity contribution in [1.29, 1.82) is 0 Å². The Morgan fingerprint density at radius 1 is 1.16 bits per heavy atom. The topological polar surface area (TPSA) is 23.6 Å². The van der Waals surface area contributed by atoms with E-state index in [0.717, 1.165) is 32.6 Å². The molecule has 1 heterocycles. The summed E-state index contributed by atoms with van der Waals surface area (Å²) in [6.07, 6.45) is 1.69. The number of hydrogen-bond acceptors (Lipinski definition) is 2. The van der Waals surface area contributed by atoms with Gasteiger partial charge in [-0.05, 0) is 18.9 Å². The van der Waals surface area contributed by atoms with Crippen molar-refractivity contribution in [2.45, 2.75) is 32.7 Å². The smallest absolute Gasteiger partial charge is 0.222 e. The standard InChI is InChI=1S/C16H24N2O/c1-3-16(19)18-11-7-10-17(12-13-18)14(2)15-8-5-4-6-9-15/h4-6,8-9,14H,3,7,10-13H2,1-2H3. The second-order valence-corrected chi connectivity index (χ2v) is 5.21. The van der Waals surface area contributed by atoms with Gasteiger partial charge < -0.3 is 4.90 Å². The van der Waals surface area contributed by atoms with Gasteiger partial charge in [0.25, 0.3) is 0 Å². The Bertz CT molecular complexity index is 404. The normalized spacial score (nSPS) is 18.9. The van der Waals surface area contributed by atoms with E-state index in [1.165, 1.54) is 5.56 Å². The lowest BCUT2D eigenvalue weighted by atomic mass is 10.1. The minimum Gasteiger partial charge on any atom is -0.341 e. The highest BCUT2D eigenvalue weighted by Crippen LogP contribution is 2.21. The molecule has 1 unspecified atom stereocenters. The molecule has 2 rings (SSSR count). The fourth-order valence-corrected chi connectivity index (χ4v) is 2.74. The maximum Gasteiger partial charge on any atom is 0.222 e. The molecule has 3 heteroatoms. The second-order valence-electron chi connectivity index (χ2n) is 5.21. The van der Waals surface area contributed by atoms with E-state index in [-0.39, 0.29) is 5.91 Å². The van der Waals surface area contributed by atoms with Crippen LogP contribution in [0, 0.1) is 0 Å². The van der Waals surface area contributed by atoms with E-state index in [0.29, 0.717) is 12.5 Å². The van der Waals surface area contributed by atoms with Crippen molar-refractivity contribution < 1.29 is 4.79 Å². The van der Waals surface area contributed by atoms with Crippen molar-refractivity contribution in [3.8, 4) is 0 Å². The van der Waals surface area contributed by atoms with Crippen LogP contribution in [0.25, 0.3) is 0 Å². The minimum atomic E-state index is 0.286. The molecule has 1 aromatic carbocycles. The van der Waals surface area contributed by atoms with E-state index in [9.17, 15) is 4.79 Å². The third-order valence-corrected chi connectivity index (χ3v) is 4.02. The van der Waals surface area contributed by atoms with Crippen molar-refractivity contribution in [3.63, 3.8) is 0 Å². The van der Waals surface area contributed by atoms with E-state index in [1.54, 1.807) is 0 Å². The Kier molecular flexibility index (Phi) is 4.97. The first-order chi connectivity index (χ1) is 9.22. The maximum absolute atomic E-state index is 11.8. The number of carbonyl (C=O) groups is 1. The molecule has 1 aliphatic heterocycles. The molecule has 1 aliphatic rings. The molecule has 1 atom stereocenters. The molecule has 3 nitrogen and oxygen atoms in total. The summed E-state index contributed by atoms with van der Waals surface area (Å²) >= 11 is 0. The van der Waals surface area contributed by atoms with Gasteiger partial charge in [-0.15, -0.1) is 0 Å². The molecule has 0 N–H and O–H groups in total. The van der Waals surface area contributed by atoms with Crippen LogP contribution >= 0.6 is 0 Å². The minimum absolute atomic E-state index is 0.286. The molecular formula is C16H24N2O. The number of hydrogen-bond donors (Lipinski definition) is 0. The highest BCUT2D eigenvalue weighted by Gasteiger charge is 2.21. The molecule has 1 saturated heterocycles. The number of benzene rings is 1. The second kappa shape index (κ2) is 6.71. The van der Waals surface area contributed by atoms with Gasteiger partial charge in [-0.1, -0.05) is 37.3 Å². The van der Waals surface area contributed by atoms with Gasteiger partial charge in [-0.25, -0.2) is 0 Å². The van der Waals surface area contributed by atoms with Crippen LogP contribution in [0.3, 0.4) is 0 Å².